The first kappa shape index (κ1) is 13.5. The van der Waals surface area contributed by atoms with E-state index in [1.165, 1.54) is 4.90 Å². The monoisotopic (exact) mass is 261 g/mol. The SMILES string of the molecule is CC(C)(CCN)C(=O)N1C(=O)Cc2cc(N)ccc21. The Hall–Kier alpha value is -1.88. The fourth-order valence-electron chi connectivity index (χ4n) is 2.33. The lowest BCUT2D eigenvalue weighted by molar-refractivity contribution is -0.131. The maximum absolute atomic E-state index is 12.5. The number of nitrogens with two attached hydrogens (primary N) is 2. The maximum atomic E-state index is 12.5. The van der Waals surface area contributed by atoms with Crippen LogP contribution in [0.4, 0.5) is 11.4 Å². The third-order valence-electron chi connectivity index (χ3n) is 3.49. The lowest BCUT2D eigenvalue weighted by Crippen LogP contribution is -2.43. The van der Waals surface area contributed by atoms with Crippen molar-refractivity contribution in [2.75, 3.05) is 17.2 Å². The molecule has 0 atom stereocenters. The number of carbonyl (C=O) groups excluding carboxylic acids is 2. The van der Waals surface area contributed by atoms with Gasteiger partial charge < -0.3 is 11.5 Å². The predicted octanol–water partition coefficient (Wildman–Crippen LogP) is 1.06. The quantitative estimate of drug-likeness (QED) is 0.796. The third-order valence-corrected chi connectivity index (χ3v) is 3.49. The van der Waals surface area contributed by atoms with Crippen molar-refractivity contribution < 1.29 is 9.59 Å². The van der Waals surface area contributed by atoms with Crippen LogP contribution in [0, 0.1) is 5.41 Å². The Morgan fingerprint density at radius 2 is 2.11 bits per heavy atom. The Labute approximate surface area is 112 Å². The Morgan fingerprint density at radius 1 is 1.42 bits per heavy atom. The molecule has 0 radical (unpaired) electrons. The first-order valence-corrected chi connectivity index (χ1v) is 6.32. The zero-order valence-corrected chi connectivity index (χ0v) is 11.3. The number of benzene rings is 1. The van der Waals surface area contributed by atoms with Gasteiger partial charge in [0.2, 0.25) is 11.8 Å². The van der Waals surface area contributed by atoms with Crippen LogP contribution in [-0.2, 0) is 16.0 Å². The Bertz CT molecular complexity index is 537. The number of imide groups is 1. The molecule has 5 nitrogen and oxygen atoms in total. The first-order valence-electron chi connectivity index (χ1n) is 6.32. The van der Waals surface area contributed by atoms with Gasteiger partial charge in [0.05, 0.1) is 12.1 Å². The van der Waals surface area contributed by atoms with Gasteiger partial charge in [-0.15, -0.1) is 0 Å². The zero-order chi connectivity index (χ0) is 14.2. The summed E-state index contributed by atoms with van der Waals surface area (Å²) >= 11 is 0. The molecular formula is C14H19N3O2. The predicted molar refractivity (Wildman–Crippen MR) is 74.5 cm³/mol. The van der Waals surface area contributed by atoms with E-state index < -0.39 is 5.41 Å². The lowest BCUT2D eigenvalue weighted by atomic mass is 9.87. The molecule has 1 heterocycles. The first-order chi connectivity index (χ1) is 8.86. The van der Waals surface area contributed by atoms with Crippen LogP contribution in [0.2, 0.25) is 0 Å². The fourth-order valence-corrected chi connectivity index (χ4v) is 2.33. The summed E-state index contributed by atoms with van der Waals surface area (Å²) in [4.78, 5) is 25.9. The Morgan fingerprint density at radius 3 is 2.74 bits per heavy atom. The number of hydrogen-bond acceptors (Lipinski definition) is 4. The number of nitrogen functional groups attached to an aromatic ring is 1. The second kappa shape index (κ2) is 4.66. The molecule has 1 aromatic carbocycles. The molecule has 1 aromatic rings. The molecule has 102 valence electrons. The van der Waals surface area contributed by atoms with Crippen molar-refractivity contribution in [3.05, 3.63) is 23.8 Å². The van der Waals surface area contributed by atoms with Gasteiger partial charge in [0.25, 0.3) is 0 Å². The minimum absolute atomic E-state index is 0.198. The van der Waals surface area contributed by atoms with Gasteiger partial charge in [-0.1, -0.05) is 13.8 Å². The summed E-state index contributed by atoms with van der Waals surface area (Å²) in [6.07, 6.45) is 0.769. The smallest absolute Gasteiger partial charge is 0.239 e. The highest BCUT2D eigenvalue weighted by Gasteiger charge is 2.39. The van der Waals surface area contributed by atoms with Crippen molar-refractivity contribution in [1.29, 1.82) is 0 Å². The van der Waals surface area contributed by atoms with Crippen LogP contribution in [0.1, 0.15) is 25.8 Å². The highest BCUT2D eigenvalue weighted by atomic mass is 16.2. The van der Waals surface area contributed by atoms with Crippen molar-refractivity contribution in [3.63, 3.8) is 0 Å². The molecule has 0 fully saturated rings. The molecule has 0 aromatic heterocycles. The van der Waals surface area contributed by atoms with Crippen LogP contribution in [-0.4, -0.2) is 18.4 Å². The van der Waals surface area contributed by atoms with E-state index in [0.29, 0.717) is 24.3 Å². The lowest BCUT2D eigenvalue weighted by Gasteiger charge is -2.28. The molecule has 4 N–H and O–H groups in total. The summed E-state index contributed by atoms with van der Waals surface area (Å²) in [6.45, 7) is 4.03. The van der Waals surface area contributed by atoms with Crippen LogP contribution < -0.4 is 16.4 Å². The minimum Gasteiger partial charge on any atom is -0.399 e. The van der Waals surface area contributed by atoms with Crippen LogP contribution in [0.25, 0.3) is 0 Å². The van der Waals surface area contributed by atoms with Crippen molar-refractivity contribution in [3.8, 4) is 0 Å². The van der Waals surface area contributed by atoms with Crippen LogP contribution >= 0.6 is 0 Å². The molecule has 0 aliphatic carbocycles. The molecule has 0 unspecified atom stereocenters. The van der Waals surface area contributed by atoms with Gasteiger partial charge in [0.15, 0.2) is 0 Å². The Balaban J connectivity index is 2.37. The Kier molecular flexibility index (Phi) is 3.32. The van der Waals surface area contributed by atoms with Gasteiger partial charge in [-0.2, -0.15) is 0 Å². The molecule has 2 rings (SSSR count). The third kappa shape index (κ3) is 2.33. The number of rotatable bonds is 3. The molecule has 1 aliphatic heterocycles. The van der Waals surface area contributed by atoms with Crippen molar-refractivity contribution in [1.82, 2.24) is 0 Å². The largest absolute Gasteiger partial charge is 0.399 e. The van der Waals surface area contributed by atoms with E-state index in [1.807, 2.05) is 13.8 Å². The normalized spacial score (nSPS) is 14.7. The molecule has 0 spiro atoms. The molecule has 0 bridgehead atoms. The van der Waals surface area contributed by atoms with E-state index >= 15 is 0 Å². The zero-order valence-electron chi connectivity index (χ0n) is 11.3. The summed E-state index contributed by atoms with van der Waals surface area (Å²) in [6, 6.07) is 5.18. The molecule has 0 saturated carbocycles. The van der Waals surface area contributed by atoms with Crippen LogP contribution in [0.15, 0.2) is 18.2 Å². The number of amides is 2. The second-order valence-electron chi connectivity index (χ2n) is 5.52. The fraction of sp³-hybridized carbons (Fsp3) is 0.429. The van der Waals surface area contributed by atoms with Crippen molar-refractivity contribution in [2.24, 2.45) is 11.1 Å². The van der Waals surface area contributed by atoms with Crippen molar-refractivity contribution >= 4 is 23.2 Å². The molecule has 19 heavy (non-hydrogen) atoms. The second-order valence-corrected chi connectivity index (χ2v) is 5.52. The summed E-state index contributed by atoms with van der Waals surface area (Å²) in [5.41, 5.74) is 12.6. The number of nitrogens with zero attached hydrogens (tertiary/aromatic N) is 1. The highest BCUT2D eigenvalue weighted by molar-refractivity contribution is 6.20. The summed E-state index contributed by atoms with van der Waals surface area (Å²) in [5.74, 6) is -0.401. The molecule has 1 aliphatic rings. The van der Waals surface area contributed by atoms with E-state index in [0.717, 1.165) is 5.56 Å². The standard InChI is InChI=1S/C14H19N3O2/c1-14(2,5-6-15)13(19)17-11-4-3-10(16)7-9(11)8-12(17)18/h3-4,7H,5-6,8,15-16H2,1-2H3. The summed E-state index contributed by atoms with van der Waals surface area (Å²) in [5, 5.41) is 0. The van der Waals surface area contributed by atoms with Crippen LogP contribution in [0.5, 0.6) is 0 Å². The molecule has 5 heteroatoms. The maximum Gasteiger partial charge on any atom is 0.239 e. The van der Waals surface area contributed by atoms with E-state index in [9.17, 15) is 9.59 Å². The average Bonchev–Trinajstić information content (AvgIpc) is 2.63. The topological polar surface area (TPSA) is 89.4 Å². The van der Waals surface area contributed by atoms with E-state index in [2.05, 4.69) is 0 Å². The van der Waals surface area contributed by atoms with Gasteiger partial charge in [-0.05, 0) is 36.7 Å². The van der Waals surface area contributed by atoms with Crippen LogP contribution in [0.3, 0.4) is 0 Å². The average molecular weight is 261 g/mol. The van der Waals surface area contributed by atoms with Gasteiger partial charge in [-0.3, -0.25) is 9.59 Å². The molecule has 2 amide bonds. The highest BCUT2D eigenvalue weighted by Crippen LogP contribution is 2.34. The number of carbonyl (C=O) groups is 2. The summed E-state index contributed by atoms with van der Waals surface area (Å²) in [7, 11) is 0. The number of fused-ring (bicyclic) bond motifs is 1. The van der Waals surface area contributed by atoms with Gasteiger partial charge in [0.1, 0.15) is 0 Å². The van der Waals surface area contributed by atoms with Gasteiger partial charge in [0, 0.05) is 11.1 Å². The molecule has 0 saturated heterocycles. The van der Waals surface area contributed by atoms with E-state index in [1.54, 1.807) is 18.2 Å². The van der Waals surface area contributed by atoms with Gasteiger partial charge >= 0.3 is 0 Å². The van der Waals surface area contributed by atoms with E-state index in [4.69, 9.17) is 11.5 Å². The van der Waals surface area contributed by atoms with E-state index in [-0.39, 0.29) is 18.2 Å². The van der Waals surface area contributed by atoms with Gasteiger partial charge in [-0.25, -0.2) is 4.90 Å². The minimum atomic E-state index is -0.645. The number of hydrogen-bond donors (Lipinski definition) is 2. The van der Waals surface area contributed by atoms with Crippen molar-refractivity contribution in [2.45, 2.75) is 26.7 Å². The molecular weight excluding hydrogens is 242 g/mol. The number of anilines is 2. The summed E-state index contributed by atoms with van der Waals surface area (Å²) < 4.78 is 0.